The summed E-state index contributed by atoms with van der Waals surface area (Å²) in [7, 11) is 0. The molecule has 17 heavy (non-hydrogen) atoms. The molecule has 0 bridgehead atoms. The summed E-state index contributed by atoms with van der Waals surface area (Å²) in [6.07, 6.45) is 0.692. The van der Waals surface area contributed by atoms with E-state index in [0.717, 1.165) is 10.6 Å². The molecule has 0 saturated heterocycles. The topological polar surface area (TPSA) is 72.5 Å². The van der Waals surface area contributed by atoms with Gasteiger partial charge in [0, 0.05) is 22.9 Å². The van der Waals surface area contributed by atoms with E-state index >= 15 is 0 Å². The maximum atomic E-state index is 11.7. The summed E-state index contributed by atoms with van der Waals surface area (Å²) >= 11 is 1.52. The molecule has 0 fully saturated rings. The first-order chi connectivity index (χ1) is 8.19. The quantitative estimate of drug-likeness (QED) is 0.351. The summed E-state index contributed by atoms with van der Waals surface area (Å²) in [5.74, 6) is 0.401. The van der Waals surface area contributed by atoms with Crippen LogP contribution in [0.15, 0.2) is 23.1 Å². The SMILES string of the molecule is CCOC(=O)c1cc(N)ccc1SCCCO. The van der Waals surface area contributed by atoms with Gasteiger partial charge in [-0.15, -0.1) is 11.8 Å². The molecule has 0 unspecified atom stereocenters. The Balaban J connectivity index is 2.83. The molecule has 0 atom stereocenters. The van der Waals surface area contributed by atoms with Crippen molar-refractivity contribution in [3.8, 4) is 0 Å². The van der Waals surface area contributed by atoms with Crippen molar-refractivity contribution in [2.75, 3.05) is 24.7 Å². The molecule has 1 aromatic carbocycles. The number of nitrogens with two attached hydrogens (primary N) is 1. The number of hydrogen-bond acceptors (Lipinski definition) is 5. The smallest absolute Gasteiger partial charge is 0.339 e. The van der Waals surface area contributed by atoms with Gasteiger partial charge in [-0.05, 0) is 31.5 Å². The Morgan fingerprint density at radius 1 is 1.53 bits per heavy atom. The second-order valence-corrected chi connectivity index (χ2v) is 4.54. The Bertz CT molecular complexity index is 382. The highest BCUT2D eigenvalue weighted by Crippen LogP contribution is 2.26. The summed E-state index contributed by atoms with van der Waals surface area (Å²) in [4.78, 5) is 12.5. The van der Waals surface area contributed by atoms with Crippen molar-refractivity contribution in [2.24, 2.45) is 0 Å². The summed E-state index contributed by atoms with van der Waals surface area (Å²) < 4.78 is 4.97. The minimum atomic E-state index is -0.355. The van der Waals surface area contributed by atoms with Crippen LogP contribution >= 0.6 is 11.8 Å². The van der Waals surface area contributed by atoms with Gasteiger partial charge in [-0.3, -0.25) is 0 Å². The normalized spacial score (nSPS) is 10.2. The zero-order chi connectivity index (χ0) is 12.7. The van der Waals surface area contributed by atoms with Crippen LogP contribution in [-0.2, 0) is 4.74 Å². The van der Waals surface area contributed by atoms with Gasteiger partial charge in [-0.25, -0.2) is 4.79 Å². The molecule has 0 radical (unpaired) electrons. The minimum absolute atomic E-state index is 0.150. The van der Waals surface area contributed by atoms with E-state index in [1.165, 1.54) is 11.8 Å². The van der Waals surface area contributed by atoms with Crippen molar-refractivity contribution in [3.63, 3.8) is 0 Å². The molecule has 0 aromatic heterocycles. The number of rotatable bonds is 6. The summed E-state index contributed by atoms with van der Waals surface area (Å²) in [5.41, 5.74) is 6.70. The second-order valence-electron chi connectivity index (χ2n) is 3.40. The lowest BCUT2D eigenvalue weighted by molar-refractivity contribution is 0.0522. The molecule has 1 aromatic rings. The first-order valence-corrected chi connectivity index (χ1v) is 6.48. The number of carbonyl (C=O) groups excluding carboxylic acids is 1. The Labute approximate surface area is 105 Å². The standard InChI is InChI=1S/C12H17NO3S/c1-2-16-12(15)10-8-9(13)4-5-11(10)17-7-3-6-14/h4-5,8,14H,2-3,6-7,13H2,1H3. The lowest BCUT2D eigenvalue weighted by Gasteiger charge is -2.09. The highest BCUT2D eigenvalue weighted by molar-refractivity contribution is 7.99. The van der Waals surface area contributed by atoms with Gasteiger partial charge in [0.05, 0.1) is 12.2 Å². The predicted octanol–water partition coefficient (Wildman–Crippen LogP) is 1.92. The molecule has 0 saturated carbocycles. The van der Waals surface area contributed by atoms with E-state index in [4.69, 9.17) is 15.6 Å². The Morgan fingerprint density at radius 3 is 2.94 bits per heavy atom. The highest BCUT2D eigenvalue weighted by Gasteiger charge is 2.13. The van der Waals surface area contributed by atoms with Crippen LogP contribution in [0.3, 0.4) is 0 Å². The Kier molecular flexibility index (Phi) is 5.86. The van der Waals surface area contributed by atoms with Gasteiger partial charge in [-0.1, -0.05) is 0 Å². The van der Waals surface area contributed by atoms with E-state index in [9.17, 15) is 4.79 Å². The largest absolute Gasteiger partial charge is 0.462 e. The monoisotopic (exact) mass is 255 g/mol. The van der Waals surface area contributed by atoms with Crippen LogP contribution < -0.4 is 5.73 Å². The number of benzene rings is 1. The van der Waals surface area contributed by atoms with Crippen molar-refractivity contribution in [1.29, 1.82) is 0 Å². The van der Waals surface area contributed by atoms with Crippen molar-refractivity contribution >= 4 is 23.4 Å². The van der Waals surface area contributed by atoms with Crippen LogP contribution in [0.4, 0.5) is 5.69 Å². The van der Waals surface area contributed by atoms with E-state index in [1.807, 2.05) is 6.07 Å². The Hall–Kier alpha value is -1.20. The number of aliphatic hydroxyl groups excluding tert-OH is 1. The minimum Gasteiger partial charge on any atom is -0.462 e. The molecule has 5 heteroatoms. The van der Waals surface area contributed by atoms with Crippen molar-refractivity contribution in [2.45, 2.75) is 18.2 Å². The first kappa shape index (κ1) is 13.9. The van der Waals surface area contributed by atoms with E-state index in [-0.39, 0.29) is 12.6 Å². The molecule has 0 heterocycles. The third kappa shape index (κ3) is 4.28. The third-order valence-corrected chi connectivity index (χ3v) is 3.22. The summed E-state index contributed by atoms with van der Waals surface area (Å²) in [6, 6.07) is 5.19. The molecular weight excluding hydrogens is 238 g/mol. The van der Waals surface area contributed by atoms with Gasteiger partial charge >= 0.3 is 5.97 Å². The lowest BCUT2D eigenvalue weighted by Crippen LogP contribution is -2.07. The van der Waals surface area contributed by atoms with Crippen LogP contribution in [0.25, 0.3) is 0 Å². The first-order valence-electron chi connectivity index (χ1n) is 5.49. The third-order valence-electron chi connectivity index (χ3n) is 2.06. The predicted molar refractivity (Wildman–Crippen MR) is 69.2 cm³/mol. The van der Waals surface area contributed by atoms with Gasteiger partial charge in [0.1, 0.15) is 0 Å². The maximum absolute atomic E-state index is 11.7. The fourth-order valence-electron chi connectivity index (χ4n) is 1.29. The summed E-state index contributed by atoms with van der Waals surface area (Å²) in [6.45, 7) is 2.26. The van der Waals surface area contributed by atoms with Crippen LogP contribution in [0.5, 0.6) is 0 Å². The second kappa shape index (κ2) is 7.19. The number of esters is 1. The average Bonchev–Trinajstić information content (AvgIpc) is 2.31. The molecular formula is C12H17NO3S. The molecule has 4 nitrogen and oxygen atoms in total. The van der Waals surface area contributed by atoms with Crippen LogP contribution in [0.2, 0.25) is 0 Å². The number of anilines is 1. The average molecular weight is 255 g/mol. The number of ether oxygens (including phenoxy) is 1. The van der Waals surface area contributed by atoms with Gasteiger partial charge in [0.2, 0.25) is 0 Å². The number of hydrogen-bond donors (Lipinski definition) is 2. The van der Waals surface area contributed by atoms with E-state index in [0.29, 0.717) is 24.3 Å². The van der Waals surface area contributed by atoms with Gasteiger partial charge in [0.25, 0.3) is 0 Å². The zero-order valence-corrected chi connectivity index (χ0v) is 10.6. The fraction of sp³-hybridized carbons (Fsp3) is 0.417. The molecule has 1 rings (SSSR count). The molecule has 0 aliphatic carbocycles. The Morgan fingerprint density at radius 2 is 2.29 bits per heavy atom. The van der Waals surface area contributed by atoms with E-state index in [1.54, 1.807) is 19.1 Å². The van der Waals surface area contributed by atoms with Crippen molar-refractivity contribution in [3.05, 3.63) is 23.8 Å². The van der Waals surface area contributed by atoms with Crippen LogP contribution in [0, 0.1) is 0 Å². The summed E-state index contributed by atoms with van der Waals surface area (Å²) in [5, 5.41) is 8.73. The highest BCUT2D eigenvalue weighted by atomic mass is 32.2. The van der Waals surface area contributed by atoms with Crippen molar-refractivity contribution < 1.29 is 14.6 Å². The van der Waals surface area contributed by atoms with Gasteiger partial charge < -0.3 is 15.6 Å². The molecule has 0 amide bonds. The zero-order valence-electron chi connectivity index (χ0n) is 9.81. The number of carbonyl (C=O) groups is 1. The molecule has 3 N–H and O–H groups in total. The number of nitrogen functional groups attached to an aromatic ring is 1. The van der Waals surface area contributed by atoms with Gasteiger partial charge in [0.15, 0.2) is 0 Å². The molecule has 0 aliphatic heterocycles. The molecule has 0 spiro atoms. The number of aliphatic hydroxyl groups is 1. The molecule has 0 aliphatic rings. The van der Waals surface area contributed by atoms with Crippen molar-refractivity contribution in [1.82, 2.24) is 0 Å². The van der Waals surface area contributed by atoms with Crippen LogP contribution in [-0.4, -0.2) is 30.0 Å². The van der Waals surface area contributed by atoms with E-state index < -0.39 is 0 Å². The van der Waals surface area contributed by atoms with Gasteiger partial charge in [-0.2, -0.15) is 0 Å². The molecule has 94 valence electrons. The maximum Gasteiger partial charge on any atom is 0.339 e. The number of thioether (sulfide) groups is 1. The van der Waals surface area contributed by atoms with E-state index in [2.05, 4.69) is 0 Å². The fourth-order valence-corrected chi connectivity index (χ4v) is 2.24. The lowest BCUT2D eigenvalue weighted by atomic mass is 10.2. The van der Waals surface area contributed by atoms with Crippen LogP contribution in [0.1, 0.15) is 23.7 Å².